The van der Waals surface area contributed by atoms with Crippen molar-refractivity contribution in [3.05, 3.63) is 30.1 Å². The van der Waals surface area contributed by atoms with Crippen molar-refractivity contribution in [3.8, 4) is 0 Å². The molecule has 2 fully saturated rings. The first-order valence-electron chi connectivity index (χ1n) is 9.35. The maximum absolute atomic E-state index is 12.5. The van der Waals surface area contributed by atoms with E-state index in [9.17, 15) is 9.90 Å². The molecule has 1 N–H and O–H groups in total. The normalized spacial score (nSPS) is 22.1. The molecule has 0 radical (unpaired) electrons. The summed E-state index contributed by atoms with van der Waals surface area (Å²) in [5.74, 6) is 0.485. The van der Waals surface area contributed by atoms with Crippen molar-refractivity contribution >= 4 is 5.91 Å². The number of carbonyl (C=O) groups is 1. The van der Waals surface area contributed by atoms with E-state index in [0.29, 0.717) is 18.2 Å². The topological polar surface area (TPSA) is 56.7 Å². The number of aromatic nitrogens is 1. The van der Waals surface area contributed by atoms with Crippen LogP contribution in [0.5, 0.6) is 0 Å². The smallest absolute Gasteiger partial charge is 0.272 e. The van der Waals surface area contributed by atoms with Gasteiger partial charge in [-0.3, -0.25) is 14.7 Å². The fourth-order valence-corrected chi connectivity index (χ4v) is 3.94. The molecule has 1 aliphatic carbocycles. The Hall–Kier alpha value is -1.46. The summed E-state index contributed by atoms with van der Waals surface area (Å²) < 4.78 is 0. The molecule has 1 unspecified atom stereocenters. The van der Waals surface area contributed by atoms with Crippen LogP contribution in [0.2, 0.25) is 0 Å². The molecular formula is C19H29N3O2. The van der Waals surface area contributed by atoms with Gasteiger partial charge in [-0.25, -0.2) is 0 Å². The molecule has 1 aliphatic heterocycles. The lowest BCUT2D eigenvalue weighted by molar-refractivity contribution is 0.0483. The second-order valence-corrected chi connectivity index (χ2v) is 7.13. The molecule has 1 amide bonds. The first-order chi connectivity index (χ1) is 11.7. The average Bonchev–Trinajstić information content (AvgIpc) is 2.88. The van der Waals surface area contributed by atoms with Crippen molar-refractivity contribution in [3.63, 3.8) is 0 Å². The summed E-state index contributed by atoms with van der Waals surface area (Å²) in [7, 11) is 0. The third kappa shape index (κ3) is 4.54. The molecule has 1 saturated carbocycles. The number of β-amino-alcohol motifs (C(OH)–C–C–N with tert-alkyl or cyclic N) is 1. The maximum Gasteiger partial charge on any atom is 0.272 e. The Kier molecular flexibility index (Phi) is 6.21. The van der Waals surface area contributed by atoms with Crippen molar-refractivity contribution in [1.82, 2.24) is 14.8 Å². The largest absolute Gasteiger partial charge is 0.392 e. The molecule has 5 nitrogen and oxygen atoms in total. The fraction of sp³-hybridized carbons (Fsp3) is 0.684. The van der Waals surface area contributed by atoms with Crippen molar-refractivity contribution in [2.75, 3.05) is 32.7 Å². The zero-order chi connectivity index (χ0) is 16.8. The van der Waals surface area contributed by atoms with Crippen LogP contribution in [0.15, 0.2) is 24.4 Å². The highest BCUT2D eigenvalue weighted by atomic mass is 16.3. The summed E-state index contributed by atoms with van der Waals surface area (Å²) in [6, 6.07) is 5.45. The Morgan fingerprint density at radius 3 is 2.71 bits per heavy atom. The number of nitrogens with zero attached hydrogens (tertiary/aromatic N) is 3. The van der Waals surface area contributed by atoms with Crippen LogP contribution >= 0.6 is 0 Å². The van der Waals surface area contributed by atoms with Gasteiger partial charge in [-0.2, -0.15) is 0 Å². The summed E-state index contributed by atoms with van der Waals surface area (Å²) in [6.45, 7) is 4.02. The van der Waals surface area contributed by atoms with Crippen LogP contribution in [0.25, 0.3) is 0 Å². The summed E-state index contributed by atoms with van der Waals surface area (Å²) in [6.07, 6.45) is 8.56. The minimum Gasteiger partial charge on any atom is -0.392 e. The number of carbonyl (C=O) groups excluding carboxylic acids is 1. The van der Waals surface area contributed by atoms with Gasteiger partial charge in [0.1, 0.15) is 5.69 Å². The molecule has 5 heteroatoms. The molecule has 0 bridgehead atoms. The third-order valence-corrected chi connectivity index (χ3v) is 5.40. The number of hydrogen-bond donors (Lipinski definition) is 1. The lowest BCUT2D eigenvalue weighted by Crippen LogP contribution is -2.40. The van der Waals surface area contributed by atoms with Gasteiger partial charge in [0.25, 0.3) is 5.91 Å². The molecule has 2 heterocycles. The first kappa shape index (κ1) is 17.4. The lowest BCUT2D eigenvalue weighted by atomic mass is 9.85. The molecule has 1 aromatic heterocycles. The lowest BCUT2D eigenvalue weighted by Gasteiger charge is -2.30. The number of hydrogen-bond acceptors (Lipinski definition) is 4. The summed E-state index contributed by atoms with van der Waals surface area (Å²) >= 11 is 0. The molecule has 1 aromatic rings. The minimum absolute atomic E-state index is 0.0188. The van der Waals surface area contributed by atoms with Crippen molar-refractivity contribution in [2.45, 2.75) is 44.6 Å². The standard InChI is InChI=1S/C19H29N3O2/c23-18(16-7-2-1-3-8-16)15-21-11-6-12-22(14-13-21)19(24)17-9-4-5-10-20-17/h4-5,9-10,16,18,23H,1-3,6-8,11-15H2. The fourth-order valence-electron chi connectivity index (χ4n) is 3.94. The SMILES string of the molecule is O=C(c1ccccn1)N1CCCN(CC(O)C2CCCCC2)CC1. The number of rotatable bonds is 4. The number of pyridine rings is 1. The van der Waals surface area contributed by atoms with Crippen LogP contribution in [-0.4, -0.2) is 64.6 Å². The Morgan fingerprint density at radius 2 is 1.96 bits per heavy atom. The number of aliphatic hydroxyl groups excluding tert-OH is 1. The molecule has 1 atom stereocenters. The van der Waals surface area contributed by atoms with Crippen molar-refractivity contribution in [1.29, 1.82) is 0 Å². The van der Waals surface area contributed by atoms with Gasteiger partial charge in [0.15, 0.2) is 0 Å². The van der Waals surface area contributed by atoms with E-state index in [4.69, 9.17) is 0 Å². The summed E-state index contributed by atoms with van der Waals surface area (Å²) in [4.78, 5) is 20.9. The first-order valence-corrected chi connectivity index (χ1v) is 9.35. The molecule has 24 heavy (non-hydrogen) atoms. The van der Waals surface area contributed by atoms with Crippen LogP contribution < -0.4 is 0 Å². The van der Waals surface area contributed by atoms with E-state index in [-0.39, 0.29) is 12.0 Å². The van der Waals surface area contributed by atoms with Crippen LogP contribution in [0.3, 0.4) is 0 Å². The second-order valence-electron chi connectivity index (χ2n) is 7.13. The highest BCUT2D eigenvalue weighted by Crippen LogP contribution is 2.27. The van der Waals surface area contributed by atoms with Crippen molar-refractivity contribution in [2.24, 2.45) is 5.92 Å². The second kappa shape index (κ2) is 8.58. The molecule has 132 valence electrons. The van der Waals surface area contributed by atoms with E-state index in [1.165, 1.54) is 32.1 Å². The van der Waals surface area contributed by atoms with E-state index >= 15 is 0 Å². The Balaban J connectivity index is 1.50. The molecule has 0 aromatic carbocycles. The highest BCUT2D eigenvalue weighted by molar-refractivity contribution is 5.92. The van der Waals surface area contributed by atoms with Gasteiger partial charge >= 0.3 is 0 Å². The zero-order valence-corrected chi connectivity index (χ0v) is 14.4. The summed E-state index contributed by atoms with van der Waals surface area (Å²) in [5.41, 5.74) is 0.521. The molecule has 0 spiro atoms. The van der Waals surface area contributed by atoms with Crippen LogP contribution in [0, 0.1) is 5.92 Å². The Bertz CT molecular complexity index is 517. The molecule has 3 rings (SSSR count). The highest BCUT2D eigenvalue weighted by Gasteiger charge is 2.26. The predicted octanol–water partition coefficient (Wildman–Crippen LogP) is 2.17. The predicted molar refractivity (Wildman–Crippen MR) is 93.8 cm³/mol. The zero-order valence-electron chi connectivity index (χ0n) is 14.4. The van der Waals surface area contributed by atoms with Crippen LogP contribution in [0.4, 0.5) is 0 Å². The van der Waals surface area contributed by atoms with Gasteiger partial charge in [-0.15, -0.1) is 0 Å². The van der Waals surface area contributed by atoms with Gasteiger partial charge in [0.2, 0.25) is 0 Å². The van der Waals surface area contributed by atoms with Gasteiger partial charge in [-0.1, -0.05) is 25.3 Å². The van der Waals surface area contributed by atoms with Gasteiger partial charge < -0.3 is 10.0 Å². The summed E-state index contributed by atoms with van der Waals surface area (Å²) in [5, 5.41) is 10.5. The molecular weight excluding hydrogens is 302 g/mol. The Labute approximate surface area is 144 Å². The molecule has 1 saturated heterocycles. The number of amides is 1. The maximum atomic E-state index is 12.5. The minimum atomic E-state index is -0.219. The quantitative estimate of drug-likeness (QED) is 0.919. The third-order valence-electron chi connectivity index (χ3n) is 5.40. The van der Waals surface area contributed by atoms with E-state index in [1.54, 1.807) is 12.3 Å². The monoisotopic (exact) mass is 331 g/mol. The van der Waals surface area contributed by atoms with E-state index in [2.05, 4.69) is 9.88 Å². The molecule has 2 aliphatic rings. The van der Waals surface area contributed by atoms with Gasteiger partial charge in [-0.05, 0) is 43.9 Å². The van der Waals surface area contributed by atoms with E-state index in [0.717, 1.165) is 32.6 Å². The van der Waals surface area contributed by atoms with Crippen LogP contribution in [-0.2, 0) is 0 Å². The van der Waals surface area contributed by atoms with Gasteiger partial charge in [0.05, 0.1) is 6.10 Å². The van der Waals surface area contributed by atoms with E-state index < -0.39 is 0 Å². The average molecular weight is 331 g/mol. The van der Waals surface area contributed by atoms with Gasteiger partial charge in [0, 0.05) is 32.4 Å². The Morgan fingerprint density at radius 1 is 1.12 bits per heavy atom. The van der Waals surface area contributed by atoms with Crippen molar-refractivity contribution < 1.29 is 9.90 Å². The van der Waals surface area contributed by atoms with Crippen LogP contribution in [0.1, 0.15) is 49.0 Å². The number of aliphatic hydroxyl groups is 1. The van der Waals surface area contributed by atoms with E-state index in [1.807, 2.05) is 17.0 Å².